The van der Waals surface area contributed by atoms with Gasteiger partial charge in [-0.15, -0.1) is 0 Å². The van der Waals surface area contributed by atoms with E-state index >= 15 is 0 Å². The van der Waals surface area contributed by atoms with Gasteiger partial charge < -0.3 is 19.9 Å². The number of methoxy groups -OCH3 is 1. The van der Waals surface area contributed by atoms with Crippen LogP contribution in [0.15, 0.2) is 70.6 Å². The molecule has 2 N–H and O–H groups in total. The molecule has 35 heavy (non-hydrogen) atoms. The molecule has 0 saturated carbocycles. The SMILES string of the molecule is COc1cc(/C=C2/SC(=Nc3ccc(C)cc3)NC2=O)cc(Cl)c1OCc1ccc(C(=O)O)cc1. The van der Waals surface area contributed by atoms with Gasteiger partial charge in [0.1, 0.15) is 6.61 Å². The number of hydrogen-bond acceptors (Lipinski definition) is 6. The van der Waals surface area contributed by atoms with E-state index in [0.29, 0.717) is 32.2 Å². The molecule has 7 nitrogen and oxygen atoms in total. The van der Waals surface area contributed by atoms with E-state index in [0.717, 1.165) is 16.8 Å². The molecule has 0 aromatic heterocycles. The molecule has 0 unspecified atom stereocenters. The molecule has 178 valence electrons. The molecule has 1 saturated heterocycles. The molecule has 0 aliphatic carbocycles. The Hall–Kier alpha value is -3.75. The predicted molar refractivity (Wildman–Crippen MR) is 138 cm³/mol. The molecule has 0 radical (unpaired) electrons. The van der Waals surface area contributed by atoms with E-state index in [9.17, 15) is 9.59 Å². The number of carbonyl (C=O) groups excluding carboxylic acids is 1. The number of rotatable bonds is 7. The van der Waals surface area contributed by atoms with Gasteiger partial charge in [-0.2, -0.15) is 0 Å². The van der Waals surface area contributed by atoms with Gasteiger partial charge in [-0.25, -0.2) is 9.79 Å². The number of aromatic carboxylic acids is 1. The van der Waals surface area contributed by atoms with Crippen LogP contribution in [0.25, 0.3) is 6.08 Å². The Morgan fingerprint density at radius 1 is 1.14 bits per heavy atom. The Morgan fingerprint density at radius 3 is 2.51 bits per heavy atom. The van der Waals surface area contributed by atoms with Crippen LogP contribution in [0.2, 0.25) is 5.02 Å². The molecule has 9 heteroatoms. The summed E-state index contributed by atoms with van der Waals surface area (Å²) in [5.41, 5.74) is 3.52. The molecule has 1 aliphatic heterocycles. The van der Waals surface area contributed by atoms with E-state index in [1.165, 1.54) is 31.0 Å². The Balaban J connectivity index is 1.50. The van der Waals surface area contributed by atoms with Crippen LogP contribution in [0.1, 0.15) is 27.0 Å². The normalized spacial score (nSPS) is 15.3. The van der Waals surface area contributed by atoms with Gasteiger partial charge in [-0.3, -0.25) is 4.79 Å². The highest BCUT2D eigenvalue weighted by molar-refractivity contribution is 8.18. The van der Waals surface area contributed by atoms with E-state index < -0.39 is 5.97 Å². The van der Waals surface area contributed by atoms with Crippen molar-refractivity contribution in [3.63, 3.8) is 0 Å². The average molecular weight is 509 g/mol. The Kier molecular flexibility index (Phi) is 7.43. The monoisotopic (exact) mass is 508 g/mol. The van der Waals surface area contributed by atoms with Gasteiger partial charge in [0.25, 0.3) is 5.91 Å². The van der Waals surface area contributed by atoms with Crippen LogP contribution in [0.4, 0.5) is 5.69 Å². The largest absolute Gasteiger partial charge is 0.493 e. The number of halogens is 1. The van der Waals surface area contributed by atoms with Gasteiger partial charge >= 0.3 is 5.97 Å². The molecule has 1 fully saturated rings. The zero-order chi connectivity index (χ0) is 24.9. The minimum atomic E-state index is -0.991. The molecule has 3 aromatic carbocycles. The Bertz CT molecular complexity index is 1340. The molecule has 4 rings (SSSR count). The fourth-order valence-corrected chi connectivity index (χ4v) is 4.35. The topological polar surface area (TPSA) is 97.2 Å². The third-order valence-electron chi connectivity index (χ3n) is 5.05. The summed E-state index contributed by atoms with van der Waals surface area (Å²) in [5, 5.41) is 12.6. The minimum Gasteiger partial charge on any atom is -0.493 e. The standard InChI is InChI=1S/C26H21ClN2O5S/c1-15-3-9-19(10-4-15)28-26-29-24(30)22(35-26)13-17-11-20(27)23(21(12-17)33-2)34-14-16-5-7-18(8-6-16)25(31)32/h3-13H,14H2,1-2H3,(H,31,32)(H,28,29,30)/b22-13+. The van der Waals surface area contributed by atoms with Crippen LogP contribution in [0, 0.1) is 6.92 Å². The van der Waals surface area contributed by atoms with Crippen molar-refractivity contribution in [1.82, 2.24) is 5.32 Å². The summed E-state index contributed by atoms with van der Waals surface area (Å²) < 4.78 is 11.3. The first-order chi connectivity index (χ1) is 16.8. The number of nitrogens with one attached hydrogen (secondary N) is 1. The third-order valence-corrected chi connectivity index (χ3v) is 6.24. The molecule has 1 amide bonds. The molecule has 1 heterocycles. The second kappa shape index (κ2) is 10.7. The number of carboxylic acid groups (broad SMARTS) is 1. The fraction of sp³-hybridized carbons (Fsp3) is 0.115. The second-order valence-corrected chi connectivity index (χ2v) is 9.08. The number of aliphatic imine (C=N–C) groups is 1. The molecule has 3 aromatic rings. The van der Waals surface area contributed by atoms with E-state index in [-0.39, 0.29) is 18.1 Å². The van der Waals surface area contributed by atoms with E-state index in [1.807, 2.05) is 31.2 Å². The van der Waals surface area contributed by atoms with E-state index in [4.69, 9.17) is 26.2 Å². The van der Waals surface area contributed by atoms with Crippen LogP contribution in [0.5, 0.6) is 11.5 Å². The summed E-state index contributed by atoms with van der Waals surface area (Å²) in [5.74, 6) is -0.483. The van der Waals surface area contributed by atoms with Crippen LogP contribution < -0.4 is 14.8 Å². The van der Waals surface area contributed by atoms with Crippen LogP contribution in [-0.4, -0.2) is 29.3 Å². The lowest BCUT2D eigenvalue weighted by atomic mass is 10.1. The maximum absolute atomic E-state index is 12.5. The minimum absolute atomic E-state index is 0.174. The first-order valence-electron chi connectivity index (χ1n) is 10.5. The highest BCUT2D eigenvalue weighted by Gasteiger charge is 2.24. The van der Waals surface area contributed by atoms with Gasteiger partial charge in [-0.1, -0.05) is 41.4 Å². The van der Waals surface area contributed by atoms with Gasteiger partial charge in [0.2, 0.25) is 0 Å². The third kappa shape index (κ3) is 6.03. The Morgan fingerprint density at radius 2 is 1.86 bits per heavy atom. The van der Waals surface area contributed by atoms with E-state index in [1.54, 1.807) is 30.3 Å². The van der Waals surface area contributed by atoms with Crippen molar-refractivity contribution in [2.24, 2.45) is 4.99 Å². The summed E-state index contributed by atoms with van der Waals surface area (Å²) >= 11 is 7.71. The maximum atomic E-state index is 12.5. The number of ether oxygens (including phenoxy) is 2. The van der Waals surface area contributed by atoms with Crippen molar-refractivity contribution in [3.05, 3.63) is 92.8 Å². The van der Waals surface area contributed by atoms with Crippen molar-refractivity contribution in [2.75, 3.05) is 7.11 Å². The first-order valence-corrected chi connectivity index (χ1v) is 11.7. The van der Waals surface area contributed by atoms with Crippen molar-refractivity contribution in [3.8, 4) is 11.5 Å². The number of carboxylic acids is 1. The number of aryl methyl sites for hydroxylation is 1. The summed E-state index contributed by atoms with van der Waals surface area (Å²) in [6.45, 7) is 2.17. The number of carbonyl (C=O) groups is 2. The predicted octanol–water partition coefficient (Wildman–Crippen LogP) is 5.83. The number of nitrogens with zero attached hydrogens (tertiary/aromatic N) is 1. The summed E-state index contributed by atoms with van der Waals surface area (Å²) in [4.78, 5) is 28.4. The van der Waals surface area contributed by atoms with Crippen molar-refractivity contribution < 1.29 is 24.2 Å². The van der Waals surface area contributed by atoms with Gasteiger partial charge in [0, 0.05) is 0 Å². The summed E-state index contributed by atoms with van der Waals surface area (Å²) in [6, 6.07) is 17.5. The van der Waals surface area contributed by atoms with Crippen molar-refractivity contribution >= 4 is 52.2 Å². The average Bonchev–Trinajstić information content (AvgIpc) is 3.18. The Labute approximate surface area is 211 Å². The molecule has 0 spiro atoms. The molecule has 0 bridgehead atoms. The van der Waals surface area contributed by atoms with Crippen LogP contribution >= 0.6 is 23.4 Å². The number of hydrogen-bond donors (Lipinski definition) is 2. The van der Waals surface area contributed by atoms with Crippen molar-refractivity contribution in [2.45, 2.75) is 13.5 Å². The highest BCUT2D eigenvalue weighted by Crippen LogP contribution is 2.38. The van der Waals surface area contributed by atoms with Gasteiger partial charge in [-0.05, 0) is 72.3 Å². The fourth-order valence-electron chi connectivity index (χ4n) is 3.23. The van der Waals surface area contributed by atoms with E-state index in [2.05, 4.69) is 10.3 Å². The first kappa shape index (κ1) is 24.4. The summed E-state index contributed by atoms with van der Waals surface area (Å²) in [7, 11) is 1.50. The quantitative estimate of drug-likeness (QED) is 0.390. The highest BCUT2D eigenvalue weighted by atomic mass is 35.5. The van der Waals surface area contributed by atoms with Crippen LogP contribution in [-0.2, 0) is 11.4 Å². The number of amidine groups is 1. The zero-order valence-corrected chi connectivity index (χ0v) is 20.4. The second-order valence-electron chi connectivity index (χ2n) is 7.64. The molecule has 1 aliphatic rings. The zero-order valence-electron chi connectivity index (χ0n) is 18.9. The molecular weight excluding hydrogens is 488 g/mol. The lowest BCUT2D eigenvalue weighted by molar-refractivity contribution is -0.115. The summed E-state index contributed by atoms with van der Waals surface area (Å²) in [6.07, 6.45) is 1.71. The molecule has 0 atom stereocenters. The number of benzene rings is 3. The van der Waals surface area contributed by atoms with Gasteiger partial charge in [0.05, 0.1) is 28.3 Å². The number of thioether (sulfide) groups is 1. The number of amides is 1. The van der Waals surface area contributed by atoms with Gasteiger partial charge in [0.15, 0.2) is 16.7 Å². The van der Waals surface area contributed by atoms with Crippen LogP contribution in [0.3, 0.4) is 0 Å². The smallest absolute Gasteiger partial charge is 0.335 e. The molecular formula is C26H21ClN2O5S. The maximum Gasteiger partial charge on any atom is 0.335 e. The lowest BCUT2D eigenvalue weighted by Gasteiger charge is -2.13. The lowest BCUT2D eigenvalue weighted by Crippen LogP contribution is -2.19. The van der Waals surface area contributed by atoms with Crippen molar-refractivity contribution in [1.29, 1.82) is 0 Å².